The van der Waals surface area contributed by atoms with Crippen molar-refractivity contribution in [2.24, 2.45) is 0 Å². The highest BCUT2D eigenvalue weighted by molar-refractivity contribution is 5.68. The van der Waals surface area contributed by atoms with Gasteiger partial charge in [-0.2, -0.15) is 0 Å². The standard InChI is InChI=1S/C15H26FN3O/c1-5-8-20-15-10-14(13(17)9-12(15)16)18-11(2)6-7-19(3)4/h9-11,18H,5-8,17H2,1-4H3. The molecule has 3 N–H and O–H groups in total. The van der Waals surface area contributed by atoms with E-state index in [2.05, 4.69) is 17.1 Å². The van der Waals surface area contributed by atoms with E-state index in [4.69, 9.17) is 10.5 Å². The van der Waals surface area contributed by atoms with Gasteiger partial charge in [0.2, 0.25) is 0 Å². The van der Waals surface area contributed by atoms with Gasteiger partial charge in [-0.15, -0.1) is 0 Å². The lowest BCUT2D eigenvalue weighted by molar-refractivity contribution is 0.301. The molecule has 0 aliphatic heterocycles. The number of benzene rings is 1. The van der Waals surface area contributed by atoms with Crippen molar-refractivity contribution < 1.29 is 9.13 Å². The second kappa shape index (κ2) is 7.94. The molecule has 1 aromatic rings. The molecule has 1 atom stereocenters. The van der Waals surface area contributed by atoms with Crippen LogP contribution >= 0.6 is 0 Å². The summed E-state index contributed by atoms with van der Waals surface area (Å²) < 4.78 is 19.1. The smallest absolute Gasteiger partial charge is 0.167 e. The fourth-order valence-corrected chi connectivity index (χ4v) is 1.81. The first kappa shape index (κ1) is 16.6. The number of nitrogen functional groups attached to an aromatic ring is 1. The van der Waals surface area contributed by atoms with Crippen molar-refractivity contribution >= 4 is 11.4 Å². The number of anilines is 2. The zero-order chi connectivity index (χ0) is 15.1. The second-order valence-electron chi connectivity index (χ2n) is 5.36. The fraction of sp³-hybridized carbons (Fsp3) is 0.600. The van der Waals surface area contributed by atoms with E-state index in [-0.39, 0.29) is 11.8 Å². The average molecular weight is 283 g/mol. The third-order valence-electron chi connectivity index (χ3n) is 2.98. The number of nitrogens with zero attached hydrogens (tertiary/aromatic N) is 1. The van der Waals surface area contributed by atoms with Crippen molar-refractivity contribution in [2.75, 3.05) is 38.3 Å². The van der Waals surface area contributed by atoms with E-state index in [1.807, 2.05) is 21.0 Å². The normalized spacial score (nSPS) is 12.5. The van der Waals surface area contributed by atoms with Gasteiger partial charge < -0.3 is 20.7 Å². The lowest BCUT2D eigenvalue weighted by Crippen LogP contribution is -2.23. The van der Waals surface area contributed by atoms with E-state index < -0.39 is 5.82 Å². The Bertz CT molecular complexity index is 424. The summed E-state index contributed by atoms with van der Waals surface area (Å²) in [5.41, 5.74) is 6.99. The molecule has 0 aliphatic rings. The molecule has 0 aliphatic carbocycles. The Hall–Kier alpha value is -1.49. The Morgan fingerprint density at radius 1 is 1.40 bits per heavy atom. The van der Waals surface area contributed by atoms with Gasteiger partial charge >= 0.3 is 0 Å². The summed E-state index contributed by atoms with van der Waals surface area (Å²) >= 11 is 0. The van der Waals surface area contributed by atoms with Crippen LogP contribution in [0.5, 0.6) is 5.75 Å². The minimum atomic E-state index is -0.414. The number of hydrogen-bond donors (Lipinski definition) is 2. The summed E-state index contributed by atoms with van der Waals surface area (Å²) in [6, 6.07) is 3.21. The summed E-state index contributed by atoms with van der Waals surface area (Å²) in [6.07, 6.45) is 1.82. The molecule has 0 saturated carbocycles. The van der Waals surface area contributed by atoms with Gasteiger partial charge in [0, 0.05) is 18.2 Å². The van der Waals surface area contributed by atoms with Crippen molar-refractivity contribution in [2.45, 2.75) is 32.7 Å². The highest BCUT2D eigenvalue weighted by Gasteiger charge is 2.11. The van der Waals surface area contributed by atoms with Gasteiger partial charge in [0.25, 0.3) is 0 Å². The maximum absolute atomic E-state index is 13.7. The minimum Gasteiger partial charge on any atom is -0.490 e. The van der Waals surface area contributed by atoms with Crippen molar-refractivity contribution in [3.05, 3.63) is 17.9 Å². The molecule has 0 spiro atoms. The van der Waals surface area contributed by atoms with Crippen LogP contribution in [-0.2, 0) is 0 Å². The molecule has 0 radical (unpaired) electrons. The predicted molar refractivity (Wildman–Crippen MR) is 82.9 cm³/mol. The largest absolute Gasteiger partial charge is 0.490 e. The van der Waals surface area contributed by atoms with Crippen LogP contribution in [0.15, 0.2) is 12.1 Å². The number of halogens is 1. The Morgan fingerprint density at radius 3 is 2.70 bits per heavy atom. The molecular formula is C15H26FN3O. The van der Waals surface area contributed by atoms with Gasteiger partial charge in [0.05, 0.1) is 18.0 Å². The van der Waals surface area contributed by atoms with E-state index in [0.29, 0.717) is 12.3 Å². The average Bonchev–Trinajstić information content (AvgIpc) is 2.38. The highest BCUT2D eigenvalue weighted by Crippen LogP contribution is 2.29. The van der Waals surface area contributed by atoms with E-state index in [9.17, 15) is 4.39 Å². The molecule has 0 bridgehead atoms. The minimum absolute atomic E-state index is 0.253. The van der Waals surface area contributed by atoms with Gasteiger partial charge in [0.15, 0.2) is 11.6 Å². The van der Waals surface area contributed by atoms with E-state index in [1.165, 1.54) is 6.07 Å². The van der Waals surface area contributed by atoms with Gasteiger partial charge in [0.1, 0.15) is 0 Å². The third kappa shape index (κ3) is 5.25. The van der Waals surface area contributed by atoms with Gasteiger partial charge in [-0.1, -0.05) is 6.92 Å². The van der Waals surface area contributed by atoms with Crippen molar-refractivity contribution in [1.82, 2.24) is 4.90 Å². The van der Waals surface area contributed by atoms with Crippen LogP contribution in [0, 0.1) is 5.82 Å². The first-order chi connectivity index (χ1) is 9.43. The van der Waals surface area contributed by atoms with Crippen molar-refractivity contribution in [3.8, 4) is 5.75 Å². The number of ether oxygens (including phenoxy) is 1. The van der Waals surface area contributed by atoms with E-state index >= 15 is 0 Å². The topological polar surface area (TPSA) is 50.5 Å². The molecule has 5 heteroatoms. The van der Waals surface area contributed by atoms with Crippen LogP contribution in [0.1, 0.15) is 26.7 Å². The number of nitrogens with one attached hydrogen (secondary N) is 1. The maximum atomic E-state index is 13.7. The molecule has 0 heterocycles. The lowest BCUT2D eigenvalue weighted by atomic mass is 10.2. The quantitative estimate of drug-likeness (QED) is 0.720. The maximum Gasteiger partial charge on any atom is 0.167 e. The summed E-state index contributed by atoms with van der Waals surface area (Å²) in [4.78, 5) is 2.13. The van der Waals surface area contributed by atoms with Crippen LogP contribution in [-0.4, -0.2) is 38.2 Å². The molecule has 1 aromatic carbocycles. The molecule has 114 valence electrons. The highest BCUT2D eigenvalue weighted by atomic mass is 19.1. The number of nitrogens with two attached hydrogens (primary N) is 1. The zero-order valence-electron chi connectivity index (χ0n) is 12.9. The van der Waals surface area contributed by atoms with Gasteiger partial charge in [-0.25, -0.2) is 4.39 Å². The molecule has 0 saturated heterocycles. The number of rotatable bonds is 8. The Morgan fingerprint density at radius 2 is 2.10 bits per heavy atom. The molecule has 0 amide bonds. The zero-order valence-corrected chi connectivity index (χ0v) is 12.9. The van der Waals surface area contributed by atoms with E-state index in [1.54, 1.807) is 6.07 Å². The Balaban J connectivity index is 2.73. The summed E-state index contributed by atoms with van der Waals surface area (Å²) in [7, 11) is 4.07. The molecule has 0 aromatic heterocycles. The molecule has 4 nitrogen and oxygen atoms in total. The lowest BCUT2D eigenvalue weighted by Gasteiger charge is -2.19. The first-order valence-corrected chi connectivity index (χ1v) is 7.07. The second-order valence-corrected chi connectivity index (χ2v) is 5.36. The Kier molecular flexibility index (Phi) is 6.58. The Labute approximate surface area is 121 Å². The monoisotopic (exact) mass is 283 g/mol. The fourth-order valence-electron chi connectivity index (χ4n) is 1.81. The van der Waals surface area contributed by atoms with Crippen LogP contribution in [0.2, 0.25) is 0 Å². The third-order valence-corrected chi connectivity index (χ3v) is 2.98. The molecular weight excluding hydrogens is 257 g/mol. The van der Waals surface area contributed by atoms with Crippen LogP contribution in [0.4, 0.5) is 15.8 Å². The van der Waals surface area contributed by atoms with Crippen LogP contribution in [0.25, 0.3) is 0 Å². The van der Waals surface area contributed by atoms with Gasteiger partial charge in [-0.05, 0) is 40.4 Å². The first-order valence-electron chi connectivity index (χ1n) is 7.07. The van der Waals surface area contributed by atoms with Crippen LogP contribution in [0.3, 0.4) is 0 Å². The van der Waals surface area contributed by atoms with Crippen molar-refractivity contribution in [3.63, 3.8) is 0 Å². The summed E-state index contributed by atoms with van der Waals surface area (Å²) in [6.45, 7) is 5.54. The molecule has 0 fully saturated rings. The SMILES string of the molecule is CCCOc1cc(NC(C)CCN(C)C)c(N)cc1F. The predicted octanol–water partition coefficient (Wildman–Crippen LogP) is 2.95. The number of hydrogen-bond acceptors (Lipinski definition) is 4. The summed E-state index contributed by atoms with van der Waals surface area (Å²) in [5.74, 6) is -0.161. The van der Waals surface area contributed by atoms with Gasteiger partial charge in [-0.3, -0.25) is 0 Å². The molecule has 1 rings (SSSR count). The van der Waals surface area contributed by atoms with E-state index in [0.717, 1.165) is 25.1 Å². The van der Waals surface area contributed by atoms with Crippen LogP contribution < -0.4 is 15.8 Å². The van der Waals surface area contributed by atoms with Crippen molar-refractivity contribution in [1.29, 1.82) is 0 Å². The molecule has 1 unspecified atom stereocenters. The molecule has 20 heavy (non-hydrogen) atoms. The summed E-state index contributed by atoms with van der Waals surface area (Å²) in [5, 5.41) is 3.31.